The molecule has 8 rings (SSSR count). The number of methoxy groups -OCH3 is 2. The quantitative estimate of drug-likeness (QED) is 0.0925. The van der Waals surface area contributed by atoms with Gasteiger partial charge in [0.25, 0.3) is 0 Å². The number of hydrogen-bond acceptors (Lipinski definition) is 11. The molecular weight excluding hydrogens is 1000 g/mol. The van der Waals surface area contributed by atoms with Crippen LogP contribution in [0, 0.1) is 55.6 Å². The Kier molecular flexibility index (Phi) is 16.0. The van der Waals surface area contributed by atoms with E-state index in [1.165, 1.54) is 32.4 Å². The van der Waals surface area contributed by atoms with Crippen LogP contribution < -0.4 is 10.5 Å². The first-order valence-corrected chi connectivity index (χ1v) is 23.3. The van der Waals surface area contributed by atoms with Gasteiger partial charge in [-0.3, -0.25) is 15.0 Å². The first-order valence-electron chi connectivity index (χ1n) is 22.3. The molecule has 0 spiro atoms. The molecule has 0 saturated carbocycles. The lowest BCUT2D eigenvalue weighted by atomic mass is 9.88. The number of nitrogen functional groups attached to an aromatic ring is 1. The van der Waals surface area contributed by atoms with E-state index in [2.05, 4.69) is 27.6 Å². The van der Waals surface area contributed by atoms with E-state index in [9.17, 15) is 22.8 Å². The number of hydrogen-bond donors (Lipinski definition) is 1. The molecule has 0 fully saturated rings. The lowest BCUT2D eigenvalue weighted by Gasteiger charge is -2.29. The molecule has 11 nitrogen and oxygen atoms in total. The lowest BCUT2D eigenvalue weighted by molar-refractivity contribution is -0.164. The molecule has 0 bridgehead atoms. The molecule has 7 aromatic rings. The molecule has 4 heterocycles. The second kappa shape index (κ2) is 21.0. The zero-order valence-corrected chi connectivity index (χ0v) is 43.4. The van der Waals surface area contributed by atoms with Crippen LogP contribution >= 0.6 is 22.6 Å². The summed E-state index contributed by atoms with van der Waals surface area (Å²) < 4.78 is 70.4. The number of fused-ring (bicyclic) bond motifs is 2. The number of carbonyl (C=O) groups is 2. The summed E-state index contributed by atoms with van der Waals surface area (Å²) in [6.45, 7) is 20.6. The topological polar surface area (TPSA) is 145 Å². The van der Waals surface area contributed by atoms with Gasteiger partial charge in [0, 0.05) is 71.7 Å². The van der Waals surface area contributed by atoms with E-state index in [0.717, 1.165) is 37.8 Å². The molecule has 4 aromatic carbocycles. The van der Waals surface area contributed by atoms with Crippen molar-refractivity contribution < 1.29 is 46.4 Å². The van der Waals surface area contributed by atoms with Crippen LogP contribution in [0.4, 0.5) is 18.9 Å². The number of ether oxygens (including phenoxy) is 5. The zero-order valence-electron chi connectivity index (χ0n) is 41.2. The summed E-state index contributed by atoms with van der Waals surface area (Å²) >= 11 is 2.11. The van der Waals surface area contributed by atoms with Crippen molar-refractivity contribution >= 4 is 72.9 Å². The number of pyridine rings is 3. The minimum atomic E-state index is -1.08. The summed E-state index contributed by atoms with van der Waals surface area (Å²) in [6.07, 6.45) is 0.557. The van der Waals surface area contributed by atoms with Crippen LogP contribution in [0.25, 0.3) is 43.8 Å². The fourth-order valence-electron chi connectivity index (χ4n) is 8.06. The second-order valence-corrected chi connectivity index (χ2v) is 19.9. The third-order valence-electron chi connectivity index (χ3n) is 11.2. The molecule has 0 saturated heterocycles. The number of benzene rings is 4. The van der Waals surface area contributed by atoms with Gasteiger partial charge in [0.05, 0.1) is 48.6 Å². The van der Waals surface area contributed by atoms with Crippen LogP contribution in [0.2, 0.25) is 0 Å². The van der Waals surface area contributed by atoms with E-state index >= 15 is 0 Å². The molecule has 2 atom stereocenters. The number of nitrogens with two attached hydrogens (primary N) is 1. The van der Waals surface area contributed by atoms with E-state index < -0.39 is 35.3 Å². The predicted molar refractivity (Wildman–Crippen MR) is 272 cm³/mol. The number of anilines is 1. The molecule has 1 aliphatic rings. The van der Waals surface area contributed by atoms with Gasteiger partial charge < -0.3 is 29.4 Å². The fourth-order valence-corrected chi connectivity index (χ4v) is 9.17. The van der Waals surface area contributed by atoms with E-state index in [-0.39, 0.29) is 17.5 Å². The van der Waals surface area contributed by atoms with Gasteiger partial charge in [-0.05, 0) is 182 Å². The first-order chi connectivity index (χ1) is 32.3. The summed E-state index contributed by atoms with van der Waals surface area (Å²) in [7, 11) is 2.65. The van der Waals surface area contributed by atoms with Crippen LogP contribution in [0.5, 0.6) is 5.75 Å². The maximum Gasteiger partial charge on any atom is 0.339 e. The molecular formula is C54H58F3IN4O7. The van der Waals surface area contributed by atoms with Gasteiger partial charge in [0.15, 0.2) is 12.2 Å². The van der Waals surface area contributed by atoms with Gasteiger partial charge in [0.1, 0.15) is 23.2 Å². The highest BCUT2D eigenvalue weighted by molar-refractivity contribution is 14.1. The Morgan fingerprint density at radius 1 is 0.696 bits per heavy atom. The summed E-state index contributed by atoms with van der Waals surface area (Å²) in [5.74, 6) is -1.16. The van der Waals surface area contributed by atoms with Crippen molar-refractivity contribution in [3.05, 3.63) is 133 Å². The average Bonchev–Trinajstić information content (AvgIpc) is 3.27. The smallest absolute Gasteiger partial charge is 0.339 e. The SMILES string of the molecule is COC(=O)[C@@H](OC(C)(C)C)c1c(C)nc2cc(C)c(F)cc2c1-c1ccc2c3c(ccnc13)CCO2.COC(=O)[C@@H](OC(C)(C)C)c1c(C)nc2cc(C)c(F)cc2c1I.Cc1cc(N)ccc1F. The number of esters is 2. The molecule has 0 aliphatic carbocycles. The minimum absolute atomic E-state index is 0.204. The maximum absolute atomic E-state index is 15.0. The fraction of sp³-hybridized carbons (Fsp3) is 0.352. The number of carbonyl (C=O) groups excluding carboxylic acids is 2. The zero-order chi connectivity index (χ0) is 50.9. The minimum Gasteiger partial charge on any atom is -0.493 e. The Balaban J connectivity index is 0.000000203. The van der Waals surface area contributed by atoms with Gasteiger partial charge in [0.2, 0.25) is 0 Å². The van der Waals surface area contributed by atoms with Crippen molar-refractivity contribution in [3.63, 3.8) is 0 Å². The Bertz CT molecular complexity index is 3100. The van der Waals surface area contributed by atoms with Gasteiger partial charge in [-0.1, -0.05) is 0 Å². The van der Waals surface area contributed by atoms with E-state index in [1.807, 2.05) is 73.6 Å². The number of nitrogens with zero attached hydrogens (tertiary/aromatic N) is 3. The first kappa shape index (κ1) is 52.5. The maximum atomic E-state index is 15.0. The normalized spacial score (nSPS) is 13.2. The second-order valence-electron chi connectivity index (χ2n) is 18.8. The summed E-state index contributed by atoms with van der Waals surface area (Å²) in [4.78, 5) is 39.5. The van der Waals surface area contributed by atoms with Crippen molar-refractivity contribution in [2.75, 3.05) is 26.6 Å². The third-order valence-corrected chi connectivity index (χ3v) is 12.4. The molecule has 364 valence electrons. The molecule has 2 N–H and O–H groups in total. The van der Waals surface area contributed by atoms with Crippen molar-refractivity contribution in [2.24, 2.45) is 0 Å². The highest BCUT2D eigenvalue weighted by atomic mass is 127. The van der Waals surface area contributed by atoms with E-state index in [1.54, 1.807) is 51.2 Å². The van der Waals surface area contributed by atoms with Crippen LogP contribution in [0.1, 0.15) is 98.5 Å². The summed E-state index contributed by atoms with van der Waals surface area (Å²) in [5.41, 5.74) is 13.4. The highest BCUT2D eigenvalue weighted by Crippen LogP contribution is 2.45. The molecule has 1 aliphatic heterocycles. The average molecular weight is 1060 g/mol. The number of aromatic nitrogens is 3. The molecule has 0 radical (unpaired) electrons. The monoisotopic (exact) mass is 1060 g/mol. The Morgan fingerprint density at radius 2 is 1.22 bits per heavy atom. The molecule has 3 aromatic heterocycles. The highest BCUT2D eigenvalue weighted by Gasteiger charge is 2.35. The predicted octanol–water partition coefficient (Wildman–Crippen LogP) is 12.5. The van der Waals surface area contributed by atoms with Crippen LogP contribution in [0.15, 0.2) is 66.9 Å². The molecule has 0 unspecified atom stereocenters. The number of aryl methyl sites for hydroxylation is 5. The van der Waals surface area contributed by atoms with Crippen LogP contribution in [-0.2, 0) is 35.0 Å². The lowest BCUT2D eigenvalue weighted by Crippen LogP contribution is -2.29. The number of rotatable bonds is 7. The van der Waals surface area contributed by atoms with Crippen molar-refractivity contribution in [2.45, 2.75) is 106 Å². The van der Waals surface area contributed by atoms with Gasteiger partial charge >= 0.3 is 11.9 Å². The van der Waals surface area contributed by atoms with Gasteiger partial charge in [-0.15, -0.1) is 0 Å². The van der Waals surface area contributed by atoms with Crippen LogP contribution in [0.3, 0.4) is 0 Å². The largest absolute Gasteiger partial charge is 0.493 e. The van der Waals surface area contributed by atoms with Crippen LogP contribution in [-0.4, -0.2) is 58.9 Å². The third kappa shape index (κ3) is 11.8. The molecule has 69 heavy (non-hydrogen) atoms. The van der Waals surface area contributed by atoms with Crippen molar-refractivity contribution in [1.82, 2.24) is 15.0 Å². The Labute approximate surface area is 414 Å². The number of halogens is 4. The summed E-state index contributed by atoms with van der Waals surface area (Å²) in [6, 6.07) is 16.7. The van der Waals surface area contributed by atoms with Crippen molar-refractivity contribution in [3.8, 4) is 16.9 Å². The molecule has 0 amide bonds. The standard InChI is InChI=1S/C29H29FN2O4.C18H21FINO3.C7H8FN/c1-15-13-21-19(14-20(15)30)25(23(16(2)32-21)27(28(33)34-6)36-29(3,4)5)18-7-8-22-24-17(10-12-35-22)9-11-31-26(18)24;1-9-7-13-11(8-12(9)19)15(20)14(10(2)21-13)16(17(22)23-6)24-18(3,4)5;1-5-4-6(9)2-3-7(5)8/h7-9,11,13-14,27H,10,12H2,1-6H3;7-8,16H,1-6H3;2-4H,9H2,1H3/t27-;16-;/m00./s1. The Hall–Kier alpha value is -5.91. The van der Waals surface area contributed by atoms with Gasteiger partial charge in [-0.25, -0.2) is 22.8 Å². The van der Waals surface area contributed by atoms with E-state index in [0.29, 0.717) is 78.9 Å². The van der Waals surface area contributed by atoms with Crippen molar-refractivity contribution in [1.29, 1.82) is 0 Å². The summed E-state index contributed by atoms with van der Waals surface area (Å²) in [5, 5.41) is 2.16. The Morgan fingerprint density at radius 3 is 1.75 bits per heavy atom. The van der Waals surface area contributed by atoms with Gasteiger partial charge in [-0.2, -0.15) is 0 Å². The van der Waals surface area contributed by atoms with E-state index in [4.69, 9.17) is 39.4 Å². The molecule has 15 heteroatoms.